The van der Waals surface area contributed by atoms with E-state index in [4.69, 9.17) is 25.4 Å². The van der Waals surface area contributed by atoms with E-state index in [0.29, 0.717) is 30.1 Å². The van der Waals surface area contributed by atoms with E-state index in [0.717, 1.165) is 37.7 Å². The number of likely N-dealkylation sites (N-methyl/N-ethyl adjacent to an activating group) is 1. The highest BCUT2D eigenvalue weighted by atomic mass is 35.5. The zero-order chi connectivity index (χ0) is 36.6. The summed E-state index contributed by atoms with van der Waals surface area (Å²) in [5.41, 5.74) is -0.937. The summed E-state index contributed by atoms with van der Waals surface area (Å²) in [5.74, 6) is -3.34. The molecule has 3 amide bonds. The molecule has 0 aromatic heterocycles. The van der Waals surface area contributed by atoms with Gasteiger partial charge in [-0.3, -0.25) is 14.2 Å². The Hall–Kier alpha value is -2.99. The molecule has 0 bridgehead atoms. The standard InChI is InChI=1S/C36H53ClN3O9P/c1-4-40(23-21-27-14-9-7-10-15-27)32(41)20-22-36(45,34(43)50(46,48-5-2)49-6-3)39-33(42)31(25-28-16-11-8-12-17-28)38-35(44)47-26-29-18-13-19-30(37)24-29/h7,9-10,13-15,18-19,24,28,31,34,43,45H,4-6,8,11-12,16-17,20-23,25-26H2,1-3H3,(H,38,44)(H,39,42)/t31-,34?,36?/m0/s1. The molecule has 0 spiro atoms. The molecule has 0 heterocycles. The largest absolute Gasteiger partial charge is 0.445 e. The number of nitrogens with one attached hydrogen (secondary N) is 2. The first-order valence-corrected chi connectivity index (χ1v) is 19.5. The summed E-state index contributed by atoms with van der Waals surface area (Å²) in [6.45, 7) is 5.38. The van der Waals surface area contributed by atoms with Crippen molar-refractivity contribution in [3.8, 4) is 0 Å². The SMILES string of the molecule is CCOP(=O)(OCC)C(O)C(O)(CCC(=O)N(CC)CCc1ccccc1)NC(=O)[C@H](CC1CCCCC1)NC(=O)OCc1cccc(Cl)c1. The van der Waals surface area contributed by atoms with Gasteiger partial charge < -0.3 is 39.5 Å². The van der Waals surface area contributed by atoms with Crippen molar-refractivity contribution in [3.63, 3.8) is 0 Å². The molecule has 2 unspecified atom stereocenters. The third kappa shape index (κ3) is 13.0. The molecule has 2 aromatic carbocycles. The van der Waals surface area contributed by atoms with Crippen LogP contribution in [0, 0.1) is 5.92 Å². The zero-order valence-corrected chi connectivity index (χ0v) is 31.0. The van der Waals surface area contributed by atoms with Crippen molar-refractivity contribution < 1.29 is 42.9 Å². The van der Waals surface area contributed by atoms with Crippen molar-refractivity contribution in [1.29, 1.82) is 0 Å². The molecular weight excluding hydrogens is 685 g/mol. The lowest BCUT2D eigenvalue weighted by Gasteiger charge is -2.38. The second-order valence-electron chi connectivity index (χ2n) is 12.5. The van der Waals surface area contributed by atoms with E-state index in [-0.39, 0.29) is 44.5 Å². The first kappa shape index (κ1) is 41.4. The Bertz CT molecular complexity index is 1400. The zero-order valence-electron chi connectivity index (χ0n) is 29.4. The van der Waals surface area contributed by atoms with E-state index in [1.807, 2.05) is 37.3 Å². The van der Waals surface area contributed by atoms with Crippen LogP contribution in [0.25, 0.3) is 0 Å². The maximum absolute atomic E-state index is 14.0. The number of aliphatic hydroxyl groups is 2. The fraction of sp³-hybridized carbons (Fsp3) is 0.583. The van der Waals surface area contributed by atoms with Gasteiger partial charge in [-0.25, -0.2) is 4.79 Å². The lowest BCUT2D eigenvalue weighted by atomic mass is 9.84. The van der Waals surface area contributed by atoms with Crippen LogP contribution in [0.1, 0.15) is 83.3 Å². The summed E-state index contributed by atoms with van der Waals surface area (Å²) in [6.07, 6.45) is 3.89. The number of aliphatic hydroxyl groups excluding tert-OH is 1. The molecule has 1 fully saturated rings. The topological polar surface area (TPSA) is 164 Å². The molecule has 4 N–H and O–H groups in total. The number of alkyl carbamates (subject to hydrolysis) is 1. The van der Waals surface area contributed by atoms with Gasteiger partial charge in [-0.2, -0.15) is 0 Å². The average Bonchev–Trinajstić information content (AvgIpc) is 3.10. The van der Waals surface area contributed by atoms with E-state index in [9.17, 15) is 29.2 Å². The predicted molar refractivity (Wildman–Crippen MR) is 191 cm³/mol. The van der Waals surface area contributed by atoms with Gasteiger partial charge in [0.25, 0.3) is 0 Å². The van der Waals surface area contributed by atoms with Crippen LogP contribution in [0.3, 0.4) is 0 Å². The molecule has 0 radical (unpaired) electrons. The lowest BCUT2D eigenvalue weighted by Crippen LogP contribution is -2.61. The van der Waals surface area contributed by atoms with Gasteiger partial charge >= 0.3 is 13.7 Å². The highest BCUT2D eigenvalue weighted by Gasteiger charge is 2.51. The van der Waals surface area contributed by atoms with Crippen LogP contribution in [0.15, 0.2) is 54.6 Å². The summed E-state index contributed by atoms with van der Waals surface area (Å²) < 4.78 is 29.8. The van der Waals surface area contributed by atoms with Crippen molar-refractivity contribution in [1.82, 2.24) is 15.5 Å². The Labute approximate surface area is 300 Å². The van der Waals surface area contributed by atoms with E-state index >= 15 is 0 Å². The fourth-order valence-corrected chi connectivity index (χ4v) is 8.13. The number of amides is 3. The maximum atomic E-state index is 14.0. The number of nitrogens with zero attached hydrogens (tertiary/aromatic N) is 1. The Morgan fingerprint density at radius 1 is 1.00 bits per heavy atom. The van der Waals surface area contributed by atoms with Crippen LogP contribution in [0.5, 0.6) is 0 Å². The first-order chi connectivity index (χ1) is 23.9. The molecule has 12 nitrogen and oxygen atoms in total. The van der Waals surface area contributed by atoms with E-state index in [1.54, 1.807) is 43.0 Å². The molecule has 1 aliphatic carbocycles. The molecule has 1 saturated carbocycles. The van der Waals surface area contributed by atoms with E-state index in [1.165, 1.54) is 0 Å². The number of carbonyl (C=O) groups is 3. The van der Waals surface area contributed by atoms with Gasteiger partial charge in [-0.1, -0.05) is 86.2 Å². The second kappa shape index (κ2) is 20.8. The number of halogens is 1. The molecule has 14 heteroatoms. The summed E-state index contributed by atoms with van der Waals surface area (Å²) >= 11 is 6.05. The minimum atomic E-state index is -4.43. The van der Waals surface area contributed by atoms with Gasteiger partial charge in [-0.05, 0) is 62.8 Å². The molecule has 50 heavy (non-hydrogen) atoms. The number of ether oxygens (including phenoxy) is 1. The van der Waals surface area contributed by atoms with Crippen molar-refractivity contribution >= 4 is 37.1 Å². The minimum Gasteiger partial charge on any atom is -0.445 e. The smallest absolute Gasteiger partial charge is 0.408 e. The maximum Gasteiger partial charge on any atom is 0.408 e. The van der Waals surface area contributed by atoms with Gasteiger partial charge in [0.05, 0.1) is 13.2 Å². The Kier molecular flexibility index (Phi) is 17.2. The Balaban J connectivity index is 1.82. The second-order valence-corrected chi connectivity index (χ2v) is 15.0. The number of hydrogen-bond donors (Lipinski definition) is 4. The van der Waals surface area contributed by atoms with Crippen LogP contribution in [-0.2, 0) is 41.0 Å². The van der Waals surface area contributed by atoms with E-state index in [2.05, 4.69) is 10.6 Å². The van der Waals surface area contributed by atoms with Crippen LogP contribution in [-0.4, -0.2) is 76.9 Å². The van der Waals surface area contributed by atoms with Gasteiger partial charge in [0.1, 0.15) is 12.6 Å². The van der Waals surface area contributed by atoms with Gasteiger partial charge in [0.15, 0.2) is 5.72 Å². The van der Waals surface area contributed by atoms with Crippen molar-refractivity contribution in [2.24, 2.45) is 5.92 Å². The normalized spacial score (nSPS) is 16.1. The fourth-order valence-electron chi connectivity index (χ4n) is 6.13. The molecule has 2 aromatic rings. The van der Waals surface area contributed by atoms with Crippen molar-refractivity contribution in [2.75, 3.05) is 26.3 Å². The Morgan fingerprint density at radius 3 is 2.28 bits per heavy atom. The number of benzene rings is 2. The first-order valence-electron chi connectivity index (χ1n) is 17.5. The van der Waals surface area contributed by atoms with Gasteiger partial charge in [-0.15, -0.1) is 0 Å². The summed E-state index contributed by atoms with van der Waals surface area (Å²) in [5, 5.41) is 29.0. The van der Waals surface area contributed by atoms with Gasteiger partial charge in [0, 0.05) is 31.0 Å². The van der Waals surface area contributed by atoms with Crippen molar-refractivity contribution in [2.45, 2.75) is 103 Å². The summed E-state index contributed by atoms with van der Waals surface area (Å²) in [7, 11) is -4.43. The molecule has 0 saturated heterocycles. The number of carbonyl (C=O) groups excluding carboxylic acids is 3. The average molecular weight is 738 g/mol. The quantitative estimate of drug-likeness (QED) is 0.0920. The molecule has 3 rings (SSSR count). The number of rotatable bonds is 20. The van der Waals surface area contributed by atoms with E-state index < -0.39 is 43.6 Å². The monoisotopic (exact) mass is 737 g/mol. The van der Waals surface area contributed by atoms with Crippen molar-refractivity contribution in [3.05, 3.63) is 70.7 Å². The van der Waals surface area contributed by atoms with Crippen LogP contribution < -0.4 is 10.6 Å². The highest BCUT2D eigenvalue weighted by Crippen LogP contribution is 2.55. The third-order valence-corrected chi connectivity index (χ3v) is 11.3. The number of hydrogen-bond acceptors (Lipinski definition) is 9. The molecule has 1 aliphatic rings. The molecule has 3 atom stereocenters. The van der Waals surface area contributed by atoms with Crippen LogP contribution in [0.2, 0.25) is 5.02 Å². The Morgan fingerprint density at radius 2 is 1.66 bits per heavy atom. The molecular formula is C36H53ClN3O9P. The predicted octanol–water partition coefficient (Wildman–Crippen LogP) is 6.17. The third-order valence-electron chi connectivity index (χ3n) is 8.81. The summed E-state index contributed by atoms with van der Waals surface area (Å²) in [6, 6.07) is 15.3. The van der Waals surface area contributed by atoms with Crippen LogP contribution in [0.4, 0.5) is 4.79 Å². The summed E-state index contributed by atoms with van der Waals surface area (Å²) in [4.78, 5) is 42.0. The lowest BCUT2D eigenvalue weighted by molar-refractivity contribution is -0.143. The van der Waals surface area contributed by atoms with Crippen LogP contribution >= 0.6 is 19.2 Å². The van der Waals surface area contributed by atoms with Gasteiger partial charge in [0.2, 0.25) is 17.7 Å². The molecule has 0 aliphatic heterocycles. The molecule has 278 valence electrons. The highest BCUT2D eigenvalue weighted by molar-refractivity contribution is 7.54. The minimum absolute atomic E-state index is 0.0982.